The second kappa shape index (κ2) is 4.77. The molecule has 6 nitrogen and oxygen atoms in total. The van der Waals surface area contributed by atoms with Crippen LogP contribution in [0.3, 0.4) is 0 Å². The van der Waals surface area contributed by atoms with E-state index in [9.17, 15) is 4.79 Å². The molecule has 0 aliphatic heterocycles. The van der Waals surface area contributed by atoms with E-state index in [1.807, 2.05) is 0 Å². The summed E-state index contributed by atoms with van der Waals surface area (Å²) in [4.78, 5) is 14.4. The molecule has 14 heavy (non-hydrogen) atoms. The van der Waals surface area contributed by atoms with Crippen LogP contribution in [0.4, 0.5) is 4.79 Å². The number of nitrogens with one attached hydrogen (secondary N) is 1. The first-order valence-corrected chi connectivity index (χ1v) is 4.28. The molecule has 0 saturated heterocycles. The molecule has 0 spiro atoms. The monoisotopic (exact) mass is 262 g/mol. The summed E-state index contributed by atoms with van der Waals surface area (Å²) in [7, 11) is 1.47. The number of amides is 1. The van der Waals surface area contributed by atoms with E-state index in [1.165, 1.54) is 24.9 Å². The highest BCUT2D eigenvalue weighted by atomic mass is 79.9. The summed E-state index contributed by atoms with van der Waals surface area (Å²) in [6, 6.07) is 1.49. The van der Waals surface area contributed by atoms with E-state index < -0.39 is 6.09 Å². The highest BCUT2D eigenvalue weighted by molar-refractivity contribution is 9.10. The van der Waals surface area contributed by atoms with Gasteiger partial charge in [0.15, 0.2) is 5.75 Å². The van der Waals surface area contributed by atoms with E-state index in [0.29, 0.717) is 10.4 Å². The summed E-state index contributed by atoms with van der Waals surface area (Å²) in [6.07, 6.45) is 0.308. The summed E-state index contributed by atoms with van der Waals surface area (Å²) in [5.41, 5.74) is 1.33. The van der Waals surface area contributed by atoms with Crippen LogP contribution in [-0.2, 0) is 0 Å². The van der Waals surface area contributed by atoms with Crippen LogP contribution in [0.5, 0.6) is 11.6 Å². The van der Waals surface area contributed by atoms with E-state index in [4.69, 9.17) is 9.94 Å². The fourth-order valence-corrected chi connectivity index (χ4v) is 1.23. The summed E-state index contributed by atoms with van der Waals surface area (Å²) in [5, 5.41) is 8.18. The third-order valence-corrected chi connectivity index (χ3v) is 1.85. The van der Waals surface area contributed by atoms with Crippen molar-refractivity contribution in [2.75, 3.05) is 7.11 Å². The van der Waals surface area contributed by atoms with Gasteiger partial charge in [0.2, 0.25) is 5.88 Å². The second-order valence-corrected chi connectivity index (χ2v) is 3.02. The van der Waals surface area contributed by atoms with Crippen molar-refractivity contribution >= 4 is 22.0 Å². The van der Waals surface area contributed by atoms with Crippen molar-refractivity contribution in [2.45, 2.75) is 0 Å². The molecule has 1 aromatic rings. The Balaban J connectivity index is 2.81. The summed E-state index contributed by atoms with van der Waals surface area (Å²) in [6.45, 7) is 0. The largest absolute Gasteiger partial charge is 0.480 e. The van der Waals surface area contributed by atoms with Gasteiger partial charge in [0.1, 0.15) is 0 Å². The number of carbonyl (C=O) groups excluding carboxylic acids is 1. The number of halogens is 1. The van der Waals surface area contributed by atoms with Gasteiger partial charge in [-0.3, -0.25) is 5.21 Å². The lowest BCUT2D eigenvalue weighted by atomic mass is 10.4. The number of hydrogen-bond donors (Lipinski definition) is 2. The van der Waals surface area contributed by atoms with Gasteiger partial charge >= 0.3 is 6.09 Å². The standard InChI is InChI=1S/C7H7BrN2O4/c1-13-6-5(8)2-4(3-9-6)14-7(11)10-12/h2-3,12H,1H3,(H,10,11). The van der Waals surface area contributed by atoms with Crippen molar-refractivity contribution in [3.63, 3.8) is 0 Å². The quantitative estimate of drug-likeness (QED) is 0.621. The van der Waals surface area contributed by atoms with Crippen molar-refractivity contribution in [1.82, 2.24) is 10.5 Å². The van der Waals surface area contributed by atoms with Gasteiger partial charge in [-0.15, -0.1) is 0 Å². The van der Waals surface area contributed by atoms with Crippen molar-refractivity contribution < 1.29 is 19.5 Å². The van der Waals surface area contributed by atoms with Gasteiger partial charge < -0.3 is 9.47 Å². The van der Waals surface area contributed by atoms with Crippen LogP contribution >= 0.6 is 15.9 Å². The SMILES string of the molecule is COc1ncc(OC(=O)NO)cc1Br. The fraction of sp³-hybridized carbons (Fsp3) is 0.143. The lowest BCUT2D eigenvalue weighted by molar-refractivity contribution is 0.127. The van der Waals surface area contributed by atoms with Gasteiger partial charge in [0, 0.05) is 6.07 Å². The molecule has 0 atom stereocenters. The predicted octanol–water partition coefficient (Wildman–Crippen LogP) is 1.33. The minimum absolute atomic E-state index is 0.184. The molecule has 7 heteroatoms. The van der Waals surface area contributed by atoms with Crippen molar-refractivity contribution in [1.29, 1.82) is 0 Å². The molecule has 1 amide bonds. The molecule has 1 heterocycles. The number of hydroxylamine groups is 1. The molecule has 0 aliphatic rings. The number of rotatable bonds is 2. The molecule has 2 N–H and O–H groups in total. The molecule has 0 radical (unpaired) electrons. The van der Waals surface area contributed by atoms with E-state index in [1.54, 1.807) is 0 Å². The molecule has 1 rings (SSSR count). The van der Waals surface area contributed by atoms with Gasteiger partial charge in [0.25, 0.3) is 0 Å². The van der Waals surface area contributed by atoms with Gasteiger partial charge in [0.05, 0.1) is 17.8 Å². The molecule has 1 aromatic heterocycles. The van der Waals surface area contributed by atoms with Crippen LogP contribution in [0.15, 0.2) is 16.7 Å². The normalized spacial score (nSPS) is 9.36. The third kappa shape index (κ3) is 2.57. The van der Waals surface area contributed by atoms with Crippen LogP contribution < -0.4 is 15.0 Å². The molecule has 0 saturated carbocycles. The number of nitrogens with zero attached hydrogens (tertiary/aromatic N) is 1. The Bertz CT molecular complexity index is 344. The first kappa shape index (κ1) is 10.7. The Morgan fingerprint density at radius 1 is 1.71 bits per heavy atom. The smallest absolute Gasteiger partial charge is 0.436 e. The Kier molecular flexibility index (Phi) is 3.66. The van der Waals surface area contributed by atoms with Crippen LogP contribution in [0, 0.1) is 0 Å². The maximum absolute atomic E-state index is 10.6. The fourth-order valence-electron chi connectivity index (χ4n) is 0.744. The van der Waals surface area contributed by atoms with Gasteiger partial charge in [-0.25, -0.2) is 15.3 Å². The zero-order valence-corrected chi connectivity index (χ0v) is 8.74. The minimum atomic E-state index is -0.983. The first-order valence-electron chi connectivity index (χ1n) is 3.49. The number of ether oxygens (including phenoxy) is 2. The molecule has 76 valence electrons. The van der Waals surface area contributed by atoms with Crippen LogP contribution in [0.2, 0.25) is 0 Å². The van der Waals surface area contributed by atoms with Crippen molar-refractivity contribution in [3.8, 4) is 11.6 Å². The number of hydrogen-bond acceptors (Lipinski definition) is 5. The molecular weight excluding hydrogens is 256 g/mol. The predicted molar refractivity (Wildman–Crippen MR) is 49.4 cm³/mol. The molecule has 0 fully saturated rings. The highest BCUT2D eigenvalue weighted by Crippen LogP contribution is 2.25. The molecular formula is C7H7BrN2O4. The summed E-state index contributed by atoms with van der Waals surface area (Å²) < 4.78 is 10.0. The van der Waals surface area contributed by atoms with Crippen molar-refractivity contribution in [3.05, 3.63) is 16.7 Å². The highest BCUT2D eigenvalue weighted by Gasteiger charge is 2.06. The minimum Gasteiger partial charge on any atom is -0.480 e. The zero-order valence-electron chi connectivity index (χ0n) is 7.15. The number of pyridine rings is 1. The van der Waals surface area contributed by atoms with E-state index in [0.717, 1.165) is 0 Å². The van der Waals surface area contributed by atoms with Crippen molar-refractivity contribution in [2.24, 2.45) is 0 Å². The Hall–Kier alpha value is -1.34. The Morgan fingerprint density at radius 2 is 2.43 bits per heavy atom. The average Bonchev–Trinajstić information content (AvgIpc) is 2.18. The lowest BCUT2D eigenvalue weighted by Gasteiger charge is -2.04. The van der Waals surface area contributed by atoms with E-state index >= 15 is 0 Å². The van der Waals surface area contributed by atoms with Crippen LogP contribution in [0.25, 0.3) is 0 Å². The van der Waals surface area contributed by atoms with E-state index in [2.05, 4.69) is 25.7 Å². The molecule has 0 unspecified atom stereocenters. The third-order valence-electron chi connectivity index (χ3n) is 1.28. The molecule has 0 aliphatic carbocycles. The molecule has 0 bridgehead atoms. The summed E-state index contributed by atoms with van der Waals surface area (Å²) in [5.74, 6) is 0.561. The Morgan fingerprint density at radius 3 is 2.93 bits per heavy atom. The number of carbonyl (C=O) groups is 1. The van der Waals surface area contributed by atoms with Gasteiger partial charge in [-0.1, -0.05) is 0 Å². The summed E-state index contributed by atoms with van der Waals surface area (Å²) >= 11 is 3.16. The lowest BCUT2D eigenvalue weighted by Crippen LogP contribution is -2.22. The first-order chi connectivity index (χ1) is 6.67. The van der Waals surface area contributed by atoms with Gasteiger partial charge in [-0.2, -0.15) is 0 Å². The zero-order chi connectivity index (χ0) is 10.6. The number of methoxy groups -OCH3 is 1. The number of aromatic nitrogens is 1. The maximum atomic E-state index is 10.6. The van der Waals surface area contributed by atoms with E-state index in [-0.39, 0.29) is 5.75 Å². The average molecular weight is 263 g/mol. The molecule has 0 aromatic carbocycles. The van der Waals surface area contributed by atoms with Gasteiger partial charge in [-0.05, 0) is 15.9 Å². The van der Waals surface area contributed by atoms with Crippen LogP contribution in [-0.4, -0.2) is 23.4 Å². The topological polar surface area (TPSA) is 80.7 Å². The second-order valence-electron chi connectivity index (χ2n) is 2.16. The Labute approximate surface area is 87.9 Å². The van der Waals surface area contributed by atoms with Crippen LogP contribution in [0.1, 0.15) is 0 Å². The maximum Gasteiger partial charge on any atom is 0.436 e.